The van der Waals surface area contributed by atoms with Gasteiger partial charge in [-0.2, -0.15) is 0 Å². The molecule has 2 atom stereocenters. The van der Waals surface area contributed by atoms with Crippen molar-refractivity contribution in [2.45, 2.75) is 110 Å². The molecule has 1 saturated carbocycles. The summed E-state index contributed by atoms with van der Waals surface area (Å²) in [7, 11) is 8.03. The average molecular weight is 593 g/mol. The number of hydrogen-bond acceptors (Lipinski definition) is 4. The quantitative estimate of drug-likeness (QED) is 0.260. The molecule has 2 N–H and O–H groups in total. The van der Waals surface area contributed by atoms with Gasteiger partial charge in [0.25, 0.3) is 0 Å². The number of urea groups is 2. The van der Waals surface area contributed by atoms with Crippen LogP contribution in [0.25, 0.3) is 0 Å². The maximum atomic E-state index is 14.1. The summed E-state index contributed by atoms with van der Waals surface area (Å²) in [6.45, 7) is 10.9. The van der Waals surface area contributed by atoms with Crippen LogP contribution >= 0.6 is 0 Å². The van der Waals surface area contributed by atoms with E-state index in [-0.39, 0.29) is 35.7 Å². The highest BCUT2D eigenvalue weighted by Gasteiger charge is 2.45. The van der Waals surface area contributed by atoms with E-state index in [2.05, 4.69) is 55.1 Å². The lowest BCUT2D eigenvalue weighted by Gasteiger charge is -2.52. The van der Waals surface area contributed by atoms with E-state index in [1.807, 2.05) is 86.5 Å². The zero-order valence-corrected chi connectivity index (χ0v) is 28.1. The first-order valence-corrected chi connectivity index (χ1v) is 16.2. The topological polar surface area (TPSA) is 71.2 Å². The maximum Gasteiger partial charge on any atom is 0.322 e. The van der Waals surface area contributed by atoms with Crippen molar-refractivity contribution in [2.24, 2.45) is 0 Å². The van der Waals surface area contributed by atoms with E-state index in [1.54, 1.807) is 0 Å². The Balaban J connectivity index is 1.89. The highest BCUT2D eigenvalue weighted by molar-refractivity contribution is 5.91. The van der Waals surface area contributed by atoms with Crippen LogP contribution in [0.15, 0.2) is 48.5 Å². The van der Waals surface area contributed by atoms with Gasteiger partial charge in [0.15, 0.2) is 0 Å². The van der Waals surface area contributed by atoms with Gasteiger partial charge in [0, 0.05) is 74.6 Å². The number of carbonyl (C=O) groups is 2. The van der Waals surface area contributed by atoms with E-state index in [1.165, 1.54) is 0 Å². The summed E-state index contributed by atoms with van der Waals surface area (Å²) in [6, 6.07) is 16.1. The predicted molar refractivity (Wildman–Crippen MR) is 183 cm³/mol. The normalized spacial score (nSPS) is 18.3. The molecule has 0 saturated heterocycles. The first-order chi connectivity index (χ1) is 20.5. The Morgan fingerprint density at radius 1 is 0.744 bits per heavy atom. The molecule has 1 fully saturated rings. The monoisotopic (exact) mass is 592 g/mol. The van der Waals surface area contributed by atoms with Gasteiger partial charge in [-0.25, -0.2) is 9.59 Å². The van der Waals surface area contributed by atoms with Crippen LogP contribution in [0.3, 0.4) is 0 Å². The van der Waals surface area contributed by atoms with Gasteiger partial charge in [-0.3, -0.25) is 0 Å². The molecule has 0 radical (unpaired) electrons. The molecule has 0 heterocycles. The van der Waals surface area contributed by atoms with Crippen molar-refractivity contribution in [1.29, 1.82) is 0 Å². The fraction of sp³-hybridized carbons (Fsp3) is 0.600. The average Bonchev–Trinajstić information content (AvgIpc) is 2.98. The number of anilines is 4. The molecule has 43 heavy (non-hydrogen) atoms. The Morgan fingerprint density at radius 3 is 1.60 bits per heavy atom. The zero-order chi connectivity index (χ0) is 31.7. The number of benzene rings is 2. The van der Waals surface area contributed by atoms with Crippen molar-refractivity contribution in [3.05, 3.63) is 48.5 Å². The fourth-order valence-corrected chi connectivity index (χ4v) is 6.76. The first-order valence-electron chi connectivity index (χ1n) is 16.2. The Kier molecular flexibility index (Phi) is 12.2. The van der Waals surface area contributed by atoms with Gasteiger partial charge in [0.05, 0.1) is 0 Å². The van der Waals surface area contributed by atoms with Crippen molar-refractivity contribution < 1.29 is 9.59 Å². The van der Waals surface area contributed by atoms with Crippen molar-refractivity contribution in [2.75, 3.05) is 48.6 Å². The zero-order valence-electron chi connectivity index (χ0n) is 28.1. The maximum absolute atomic E-state index is 14.1. The van der Waals surface area contributed by atoms with Crippen LogP contribution in [0.2, 0.25) is 0 Å². The molecule has 2 unspecified atom stereocenters. The van der Waals surface area contributed by atoms with E-state index in [0.29, 0.717) is 0 Å². The lowest BCUT2D eigenvalue weighted by molar-refractivity contribution is 0.0234. The standard InChI is InChI=1S/C35H56N6O2/c1-10-28(11-2)40(33(42)36-26-16-20-30(21-17-26)38(6)7)32-15-14-24-35(5,25-32)41(29(12-3)13-4)34(43)37-27-18-22-31(23-19-27)39(8)9/h16-23,28-29,32H,10-15,24-25H2,1-9H3,(H,36,42)(H,37,43). The van der Waals surface area contributed by atoms with Crippen LogP contribution in [-0.2, 0) is 0 Å². The molecule has 2 aromatic rings. The second-order valence-corrected chi connectivity index (χ2v) is 12.7. The number of nitrogens with one attached hydrogen (secondary N) is 2. The van der Waals surface area contributed by atoms with E-state index in [9.17, 15) is 9.59 Å². The van der Waals surface area contributed by atoms with Crippen LogP contribution in [-0.4, -0.2) is 73.7 Å². The summed E-state index contributed by atoms with van der Waals surface area (Å²) in [5.41, 5.74) is 3.38. The minimum absolute atomic E-state index is 0.0359. The molecule has 4 amide bonds. The summed E-state index contributed by atoms with van der Waals surface area (Å²) in [5.74, 6) is 0. The number of hydrogen-bond donors (Lipinski definition) is 2. The van der Waals surface area contributed by atoms with Crippen molar-refractivity contribution in [1.82, 2.24) is 9.80 Å². The highest BCUT2D eigenvalue weighted by Crippen LogP contribution is 2.39. The van der Waals surface area contributed by atoms with Crippen molar-refractivity contribution in [3.63, 3.8) is 0 Å². The predicted octanol–water partition coefficient (Wildman–Crippen LogP) is 8.27. The number of nitrogens with zero attached hydrogens (tertiary/aromatic N) is 4. The fourth-order valence-electron chi connectivity index (χ4n) is 6.76. The van der Waals surface area contributed by atoms with E-state index in [4.69, 9.17) is 0 Å². The Labute approximate surface area is 260 Å². The highest BCUT2D eigenvalue weighted by atomic mass is 16.2. The van der Waals surface area contributed by atoms with Crippen LogP contribution in [0, 0.1) is 0 Å². The molecular weight excluding hydrogens is 536 g/mol. The van der Waals surface area contributed by atoms with E-state index in [0.717, 1.165) is 74.1 Å². The molecule has 2 aromatic carbocycles. The van der Waals surface area contributed by atoms with E-state index < -0.39 is 0 Å². The molecule has 0 aromatic heterocycles. The van der Waals surface area contributed by atoms with Crippen LogP contribution < -0.4 is 20.4 Å². The van der Waals surface area contributed by atoms with Gasteiger partial charge < -0.3 is 30.2 Å². The first kappa shape index (κ1) is 34.1. The number of amides is 4. The SMILES string of the molecule is CCC(CC)N(C(=O)Nc1ccc(N(C)C)cc1)C1CCCC(C)(N(C(=O)Nc2ccc(N(C)C)cc2)C(CC)CC)C1. The second kappa shape index (κ2) is 15.3. The second-order valence-electron chi connectivity index (χ2n) is 12.7. The lowest BCUT2D eigenvalue weighted by Crippen LogP contribution is -2.61. The van der Waals surface area contributed by atoms with Crippen molar-refractivity contribution >= 4 is 34.8 Å². The summed E-state index contributed by atoms with van der Waals surface area (Å²) in [6.07, 6.45) is 7.09. The van der Waals surface area contributed by atoms with Crippen LogP contribution in [0.1, 0.15) is 86.0 Å². The lowest BCUT2D eigenvalue weighted by atomic mass is 9.77. The minimum Gasteiger partial charge on any atom is -0.378 e. The summed E-state index contributed by atoms with van der Waals surface area (Å²) in [5, 5.41) is 6.41. The minimum atomic E-state index is -0.384. The molecular formula is C35H56N6O2. The molecule has 8 nitrogen and oxygen atoms in total. The van der Waals surface area contributed by atoms with Gasteiger partial charge in [-0.05, 0) is 107 Å². The largest absolute Gasteiger partial charge is 0.378 e. The third kappa shape index (κ3) is 8.36. The molecule has 0 bridgehead atoms. The third-order valence-electron chi connectivity index (χ3n) is 9.27. The number of rotatable bonds is 12. The molecule has 8 heteroatoms. The summed E-state index contributed by atoms with van der Waals surface area (Å²) < 4.78 is 0. The van der Waals surface area contributed by atoms with Crippen LogP contribution in [0.5, 0.6) is 0 Å². The van der Waals surface area contributed by atoms with Crippen LogP contribution in [0.4, 0.5) is 32.3 Å². The van der Waals surface area contributed by atoms with Crippen molar-refractivity contribution in [3.8, 4) is 0 Å². The molecule has 1 aliphatic carbocycles. The molecule has 0 aliphatic heterocycles. The Hall–Kier alpha value is -3.42. The number of carbonyl (C=O) groups excluding carboxylic acids is 2. The molecule has 238 valence electrons. The molecule has 3 rings (SSSR count). The Bertz CT molecular complexity index is 1160. The summed E-state index contributed by atoms with van der Waals surface area (Å²) in [4.78, 5) is 36.4. The smallest absolute Gasteiger partial charge is 0.322 e. The molecule has 1 aliphatic rings. The van der Waals surface area contributed by atoms with E-state index >= 15 is 0 Å². The molecule has 0 spiro atoms. The Morgan fingerprint density at radius 2 is 1.19 bits per heavy atom. The summed E-state index contributed by atoms with van der Waals surface area (Å²) >= 11 is 0. The third-order valence-corrected chi connectivity index (χ3v) is 9.27. The van der Waals surface area contributed by atoms with Gasteiger partial charge in [0.1, 0.15) is 0 Å². The van der Waals surface area contributed by atoms with Gasteiger partial charge in [0.2, 0.25) is 0 Å². The van der Waals surface area contributed by atoms with Gasteiger partial charge in [-0.1, -0.05) is 27.7 Å². The van der Waals surface area contributed by atoms with Gasteiger partial charge in [-0.15, -0.1) is 0 Å². The van der Waals surface area contributed by atoms with Gasteiger partial charge >= 0.3 is 12.1 Å².